The van der Waals surface area contributed by atoms with E-state index in [1.165, 1.54) is 21.3 Å². The summed E-state index contributed by atoms with van der Waals surface area (Å²) in [4.78, 5) is 39.1. The van der Waals surface area contributed by atoms with Crippen LogP contribution in [0.25, 0.3) is 0 Å². The Bertz CT molecular complexity index is 1350. The first-order valence-corrected chi connectivity index (χ1v) is 12.9. The second kappa shape index (κ2) is 10.8. The molecule has 0 aromatic heterocycles. The Labute approximate surface area is 210 Å². The lowest BCUT2D eigenvalue weighted by atomic mass is 10.0. The number of ether oxygens (including phenoxy) is 1. The Hall–Kier alpha value is -3.82. The highest BCUT2D eigenvalue weighted by Crippen LogP contribution is 2.18. The molecule has 0 radical (unpaired) electrons. The van der Waals surface area contributed by atoms with Gasteiger partial charge in [-0.25, -0.2) is 13.2 Å². The van der Waals surface area contributed by atoms with Crippen LogP contribution in [-0.2, 0) is 19.6 Å². The maximum absolute atomic E-state index is 12.8. The molecule has 0 N–H and O–H groups in total. The van der Waals surface area contributed by atoms with E-state index >= 15 is 0 Å². The molecule has 8 nitrogen and oxygen atoms in total. The summed E-state index contributed by atoms with van der Waals surface area (Å²) in [5.41, 5.74) is 2.18. The van der Waals surface area contributed by atoms with Crippen molar-refractivity contribution in [2.75, 3.05) is 32.8 Å². The lowest BCUT2D eigenvalue weighted by molar-refractivity contribution is -0.135. The number of hydrogen-bond acceptors (Lipinski definition) is 6. The van der Waals surface area contributed by atoms with Gasteiger partial charge in [0.1, 0.15) is 0 Å². The van der Waals surface area contributed by atoms with E-state index in [1.807, 2.05) is 13.0 Å². The number of ketones is 1. The van der Waals surface area contributed by atoms with Crippen molar-refractivity contribution in [1.29, 1.82) is 0 Å². The third kappa shape index (κ3) is 5.69. The Morgan fingerprint density at radius 2 is 1.31 bits per heavy atom. The summed E-state index contributed by atoms with van der Waals surface area (Å²) in [7, 11) is -3.63. The molecule has 186 valence electrons. The predicted molar refractivity (Wildman–Crippen MR) is 133 cm³/mol. The van der Waals surface area contributed by atoms with Crippen LogP contribution >= 0.6 is 0 Å². The third-order valence-corrected chi connectivity index (χ3v) is 7.91. The number of carbonyl (C=O) groups is 3. The van der Waals surface area contributed by atoms with Crippen molar-refractivity contribution in [3.05, 3.63) is 101 Å². The van der Waals surface area contributed by atoms with Gasteiger partial charge in [0.15, 0.2) is 12.4 Å². The molecule has 3 aromatic rings. The fourth-order valence-electron chi connectivity index (χ4n) is 3.85. The molecule has 0 aliphatic carbocycles. The number of rotatable bonds is 7. The predicted octanol–water partition coefficient (Wildman–Crippen LogP) is 2.92. The molecular formula is C27H26N2O6S. The molecule has 0 bridgehead atoms. The van der Waals surface area contributed by atoms with Gasteiger partial charge < -0.3 is 9.64 Å². The zero-order valence-electron chi connectivity index (χ0n) is 19.8. The average molecular weight is 507 g/mol. The van der Waals surface area contributed by atoms with Crippen LogP contribution in [0.2, 0.25) is 0 Å². The van der Waals surface area contributed by atoms with Crippen LogP contribution < -0.4 is 0 Å². The van der Waals surface area contributed by atoms with Crippen LogP contribution in [0.1, 0.15) is 31.8 Å². The van der Waals surface area contributed by atoms with Crippen molar-refractivity contribution in [2.45, 2.75) is 11.8 Å². The van der Waals surface area contributed by atoms with E-state index in [2.05, 4.69) is 0 Å². The Morgan fingerprint density at radius 3 is 1.92 bits per heavy atom. The molecule has 3 aromatic carbocycles. The Kier molecular flexibility index (Phi) is 7.61. The van der Waals surface area contributed by atoms with Gasteiger partial charge in [-0.1, -0.05) is 60.2 Å². The van der Waals surface area contributed by atoms with E-state index in [-0.39, 0.29) is 42.4 Å². The summed E-state index contributed by atoms with van der Waals surface area (Å²) in [6, 6.07) is 21.5. The van der Waals surface area contributed by atoms with E-state index in [0.717, 1.165) is 5.56 Å². The second-order valence-electron chi connectivity index (χ2n) is 8.45. The minimum Gasteiger partial charge on any atom is -0.452 e. The summed E-state index contributed by atoms with van der Waals surface area (Å²) in [5.74, 6) is -1.23. The van der Waals surface area contributed by atoms with Crippen molar-refractivity contribution in [2.24, 2.45) is 0 Å². The molecule has 1 fully saturated rings. The molecule has 0 spiro atoms. The van der Waals surface area contributed by atoms with E-state index in [9.17, 15) is 22.8 Å². The van der Waals surface area contributed by atoms with Crippen LogP contribution in [-0.4, -0.2) is 68.1 Å². The minimum absolute atomic E-state index is 0.158. The molecule has 1 amide bonds. The van der Waals surface area contributed by atoms with Gasteiger partial charge in [0, 0.05) is 37.3 Å². The number of esters is 1. The number of nitrogens with zero attached hydrogens (tertiary/aromatic N) is 2. The molecule has 1 aliphatic rings. The number of aryl methyl sites for hydroxylation is 1. The van der Waals surface area contributed by atoms with E-state index in [0.29, 0.717) is 11.1 Å². The molecule has 0 saturated carbocycles. The summed E-state index contributed by atoms with van der Waals surface area (Å²) in [6.45, 7) is 2.17. The van der Waals surface area contributed by atoms with Gasteiger partial charge >= 0.3 is 5.97 Å². The van der Waals surface area contributed by atoms with Crippen molar-refractivity contribution in [3.63, 3.8) is 0 Å². The van der Waals surface area contributed by atoms with Gasteiger partial charge in [0.25, 0.3) is 5.91 Å². The molecule has 1 aliphatic heterocycles. The van der Waals surface area contributed by atoms with Crippen LogP contribution in [0.3, 0.4) is 0 Å². The number of benzene rings is 3. The topological polar surface area (TPSA) is 101 Å². The first-order chi connectivity index (χ1) is 17.3. The first-order valence-electron chi connectivity index (χ1n) is 11.5. The Balaban J connectivity index is 1.27. The van der Waals surface area contributed by atoms with Gasteiger partial charge in [-0.05, 0) is 31.2 Å². The average Bonchev–Trinajstić information content (AvgIpc) is 2.92. The lowest BCUT2D eigenvalue weighted by Gasteiger charge is -2.33. The number of amides is 1. The van der Waals surface area contributed by atoms with Gasteiger partial charge in [0.2, 0.25) is 10.0 Å². The summed E-state index contributed by atoms with van der Waals surface area (Å²) in [5, 5.41) is 0. The van der Waals surface area contributed by atoms with Gasteiger partial charge in [-0.3, -0.25) is 9.59 Å². The highest BCUT2D eigenvalue weighted by atomic mass is 32.2. The molecule has 1 heterocycles. The number of piperazine rings is 1. The van der Waals surface area contributed by atoms with Gasteiger partial charge in [0.05, 0.1) is 10.5 Å². The van der Waals surface area contributed by atoms with E-state index in [1.54, 1.807) is 60.7 Å². The maximum Gasteiger partial charge on any atom is 0.338 e. The lowest BCUT2D eigenvalue weighted by Crippen LogP contribution is -2.51. The van der Waals surface area contributed by atoms with Crippen LogP contribution in [0.5, 0.6) is 0 Å². The first kappa shape index (κ1) is 25.3. The molecule has 0 unspecified atom stereocenters. The molecular weight excluding hydrogens is 480 g/mol. The van der Waals surface area contributed by atoms with Crippen molar-refractivity contribution in [3.8, 4) is 0 Å². The Morgan fingerprint density at radius 1 is 0.750 bits per heavy atom. The monoisotopic (exact) mass is 506 g/mol. The second-order valence-corrected chi connectivity index (χ2v) is 10.4. The number of carbonyl (C=O) groups excluding carboxylic acids is 3. The standard InChI is InChI=1S/C27H26N2O6S/c1-20-7-13-24(14-8-20)36(33,34)29-17-15-28(16-18-29)25(30)19-35-27(32)23-11-9-22(10-12-23)26(31)21-5-3-2-4-6-21/h2-14H,15-19H2,1H3. The van der Waals surface area contributed by atoms with Crippen molar-refractivity contribution >= 4 is 27.7 Å². The highest BCUT2D eigenvalue weighted by molar-refractivity contribution is 7.89. The number of sulfonamides is 1. The molecule has 4 rings (SSSR count). The van der Waals surface area contributed by atoms with Crippen molar-refractivity contribution < 1.29 is 27.5 Å². The van der Waals surface area contributed by atoms with Crippen molar-refractivity contribution in [1.82, 2.24) is 9.21 Å². The smallest absolute Gasteiger partial charge is 0.338 e. The van der Waals surface area contributed by atoms with E-state index in [4.69, 9.17) is 4.74 Å². The highest BCUT2D eigenvalue weighted by Gasteiger charge is 2.30. The molecule has 9 heteroatoms. The van der Waals surface area contributed by atoms with Crippen LogP contribution in [0.15, 0.2) is 83.8 Å². The zero-order chi connectivity index (χ0) is 25.7. The SMILES string of the molecule is Cc1ccc(S(=O)(=O)N2CCN(C(=O)COC(=O)c3ccc(C(=O)c4ccccc4)cc3)CC2)cc1. The van der Waals surface area contributed by atoms with E-state index < -0.39 is 28.5 Å². The fraction of sp³-hybridized carbons (Fsp3) is 0.222. The van der Waals surface area contributed by atoms with Gasteiger partial charge in [-0.15, -0.1) is 0 Å². The largest absolute Gasteiger partial charge is 0.452 e. The normalized spacial score (nSPS) is 14.3. The minimum atomic E-state index is -3.63. The van der Waals surface area contributed by atoms with Crippen LogP contribution in [0, 0.1) is 6.92 Å². The van der Waals surface area contributed by atoms with Gasteiger partial charge in [-0.2, -0.15) is 4.31 Å². The molecule has 0 atom stereocenters. The number of hydrogen-bond donors (Lipinski definition) is 0. The maximum atomic E-state index is 12.8. The molecule has 36 heavy (non-hydrogen) atoms. The zero-order valence-corrected chi connectivity index (χ0v) is 20.6. The summed E-state index contributed by atoms with van der Waals surface area (Å²) >= 11 is 0. The third-order valence-electron chi connectivity index (χ3n) is 6.00. The quantitative estimate of drug-likeness (QED) is 0.361. The fourth-order valence-corrected chi connectivity index (χ4v) is 5.28. The van der Waals surface area contributed by atoms with Crippen LogP contribution in [0.4, 0.5) is 0 Å². The summed E-state index contributed by atoms with van der Waals surface area (Å²) in [6.07, 6.45) is 0. The summed E-state index contributed by atoms with van der Waals surface area (Å²) < 4.78 is 32.2. The molecule has 1 saturated heterocycles.